The largest absolute Gasteiger partial charge is 0.503 e. The molecule has 0 unspecified atom stereocenters. The maximum absolute atomic E-state index is 13.6. The summed E-state index contributed by atoms with van der Waals surface area (Å²) in [5, 5.41) is 11.4. The van der Waals surface area contributed by atoms with E-state index in [0.717, 1.165) is 10.3 Å². The first-order valence-electron chi connectivity index (χ1n) is 12.1. The molecule has 7 nitrogen and oxygen atoms in total. The second kappa shape index (κ2) is 9.19. The lowest BCUT2D eigenvalue weighted by Crippen LogP contribution is -2.31. The highest BCUT2D eigenvalue weighted by atomic mass is 32.1. The maximum atomic E-state index is 13.6. The number of Topliss-reactive ketones (excluding diaryl/α,β-unsaturated/α-hetero) is 1. The van der Waals surface area contributed by atoms with E-state index in [-0.39, 0.29) is 16.7 Å². The third kappa shape index (κ3) is 4.42. The number of nitrogens with zero attached hydrogens (tertiary/aromatic N) is 2. The first-order chi connectivity index (χ1) is 17.6. The number of carbonyl (C=O) groups is 2. The summed E-state index contributed by atoms with van der Waals surface area (Å²) in [6.45, 7) is 10.5. The molecule has 37 heavy (non-hydrogen) atoms. The monoisotopic (exact) mass is 516 g/mol. The van der Waals surface area contributed by atoms with Gasteiger partial charge in [0.15, 0.2) is 16.7 Å². The van der Waals surface area contributed by atoms with Crippen LogP contribution in [0.5, 0.6) is 5.75 Å². The zero-order valence-corrected chi connectivity index (χ0v) is 22.2. The second-order valence-electron chi connectivity index (χ2n) is 10.0. The van der Waals surface area contributed by atoms with Gasteiger partial charge in [0.2, 0.25) is 5.78 Å². The van der Waals surface area contributed by atoms with Crippen LogP contribution in [-0.2, 0) is 10.2 Å². The summed E-state index contributed by atoms with van der Waals surface area (Å²) < 4.78 is 12.0. The lowest BCUT2D eigenvalue weighted by Gasteiger charge is -2.25. The Morgan fingerprint density at radius 2 is 1.86 bits per heavy atom. The number of hydrogen-bond donors (Lipinski definition) is 1. The number of carbonyl (C=O) groups excluding carboxylic acids is 2. The van der Waals surface area contributed by atoms with E-state index >= 15 is 0 Å². The Hall–Kier alpha value is -3.91. The van der Waals surface area contributed by atoms with Crippen molar-refractivity contribution in [2.45, 2.75) is 46.1 Å². The predicted octanol–water partition coefficient (Wildman–Crippen LogP) is 6.68. The number of thiazole rings is 1. The van der Waals surface area contributed by atoms with Crippen molar-refractivity contribution in [2.75, 3.05) is 11.5 Å². The number of furan rings is 1. The van der Waals surface area contributed by atoms with Gasteiger partial charge in [-0.2, -0.15) is 0 Å². The molecule has 2 aromatic heterocycles. The van der Waals surface area contributed by atoms with E-state index in [4.69, 9.17) is 9.15 Å². The summed E-state index contributed by atoms with van der Waals surface area (Å²) in [5.74, 6) is -0.482. The fourth-order valence-corrected chi connectivity index (χ4v) is 5.48. The van der Waals surface area contributed by atoms with Gasteiger partial charge in [-0.25, -0.2) is 4.98 Å². The Balaban J connectivity index is 1.64. The van der Waals surface area contributed by atoms with E-state index in [1.807, 2.05) is 49.4 Å². The number of fused-ring (bicyclic) bond motifs is 1. The Morgan fingerprint density at radius 1 is 1.14 bits per heavy atom. The number of aliphatic hydroxyl groups excluding tert-OH is 1. The highest BCUT2D eigenvalue weighted by molar-refractivity contribution is 7.22. The van der Waals surface area contributed by atoms with Gasteiger partial charge in [-0.15, -0.1) is 0 Å². The molecule has 0 radical (unpaired) electrons. The van der Waals surface area contributed by atoms with Crippen LogP contribution in [0.2, 0.25) is 0 Å². The van der Waals surface area contributed by atoms with Crippen molar-refractivity contribution < 1.29 is 23.8 Å². The molecule has 0 spiro atoms. The molecule has 4 aromatic rings. The summed E-state index contributed by atoms with van der Waals surface area (Å²) >= 11 is 1.30. The molecule has 0 aliphatic carbocycles. The van der Waals surface area contributed by atoms with Crippen LogP contribution >= 0.6 is 11.3 Å². The van der Waals surface area contributed by atoms with Gasteiger partial charge in [-0.05, 0) is 60.7 Å². The number of ketones is 1. The van der Waals surface area contributed by atoms with Crippen molar-refractivity contribution in [1.82, 2.24) is 4.98 Å². The lowest BCUT2D eigenvalue weighted by molar-refractivity contribution is -0.117. The predicted molar refractivity (Wildman–Crippen MR) is 144 cm³/mol. The van der Waals surface area contributed by atoms with E-state index in [2.05, 4.69) is 25.8 Å². The Labute approximate surface area is 219 Å². The van der Waals surface area contributed by atoms with E-state index in [9.17, 15) is 14.7 Å². The van der Waals surface area contributed by atoms with Crippen molar-refractivity contribution in [1.29, 1.82) is 0 Å². The molecule has 1 amide bonds. The molecule has 3 heterocycles. The molecule has 2 aromatic carbocycles. The van der Waals surface area contributed by atoms with Gasteiger partial charge in [-0.1, -0.05) is 56.4 Å². The van der Waals surface area contributed by atoms with Crippen LogP contribution in [0.1, 0.15) is 61.2 Å². The summed E-state index contributed by atoms with van der Waals surface area (Å²) in [5.41, 5.74) is 2.39. The average Bonchev–Trinajstić information content (AvgIpc) is 3.54. The summed E-state index contributed by atoms with van der Waals surface area (Å²) in [6.07, 6.45) is 0. The Kier molecular flexibility index (Phi) is 6.15. The topological polar surface area (TPSA) is 92.9 Å². The van der Waals surface area contributed by atoms with Crippen molar-refractivity contribution in [2.24, 2.45) is 0 Å². The molecular formula is C29H28N2O5S. The summed E-state index contributed by atoms with van der Waals surface area (Å²) in [6, 6.07) is 15.7. The zero-order chi connectivity index (χ0) is 26.5. The molecule has 190 valence electrons. The third-order valence-electron chi connectivity index (χ3n) is 6.38. The molecule has 0 saturated carbocycles. The fraction of sp³-hybridized carbons (Fsp3) is 0.276. The Bertz CT molecular complexity index is 1540. The van der Waals surface area contributed by atoms with Crippen LogP contribution in [0.25, 0.3) is 10.2 Å². The van der Waals surface area contributed by atoms with Crippen molar-refractivity contribution in [3.05, 3.63) is 88.6 Å². The van der Waals surface area contributed by atoms with E-state index < -0.39 is 23.5 Å². The summed E-state index contributed by atoms with van der Waals surface area (Å²) in [4.78, 5) is 33.1. The number of anilines is 1. The molecule has 1 aliphatic heterocycles. The Morgan fingerprint density at radius 3 is 2.49 bits per heavy atom. The zero-order valence-electron chi connectivity index (χ0n) is 21.4. The SMILES string of the molecule is CCOc1ccc2nc(N3C(=O)C(O)=C(C(=O)c4ccc(C)o4)[C@H]3c3ccc(C(C)(C)C)cc3)sc2c1. The van der Waals surface area contributed by atoms with E-state index in [1.54, 1.807) is 19.1 Å². The normalized spacial score (nSPS) is 16.2. The first-order valence-corrected chi connectivity index (χ1v) is 12.9. The first kappa shape index (κ1) is 24.8. The smallest absolute Gasteiger partial charge is 0.296 e. The average molecular weight is 517 g/mol. The molecule has 0 fully saturated rings. The number of benzene rings is 2. The number of aliphatic hydroxyl groups is 1. The van der Waals surface area contributed by atoms with Crippen molar-refractivity contribution in [3.8, 4) is 5.75 Å². The number of hydrogen-bond acceptors (Lipinski definition) is 7. The number of amides is 1. The number of aryl methyl sites for hydroxylation is 1. The second-order valence-corrected chi connectivity index (χ2v) is 11.0. The van der Waals surface area contributed by atoms with Crippen LogP contribution in [-0.4, -0.2) is 28.4 Å². The van der Waals surface area contributed by atoms with E-state index in [0.29, 0.717) is 34.3 Å². The number of aromatic nitrogens is 1. The lowest BCUT2D eigenvalue weighted by atomic mass is 9.85. The maximum Gasteiger partial charge on any atom is 0.296 e. The fourth-order valence-electron chi connectivity index (χ4n) is 4.46. The number of ether oxygens (including phenoxy) is 1. The quantitative estimate of drug-likeness (QED) is 0.288. The van der Waals surface area contributed by atoms with Crippen LogP contribution in [0.15, 0.2) is 70.3 Å². The minimum Gasteiger partial charge on any atom is -0.503 e. The molecule has 1 aliphatic rings. The highest BCUT2D eigenvalue weighted by Gasteiger charge is 2.46. The van der Waals surface area contributed by atoms with Gasteiger partial charge >= 0.3 is 0 Å². The van der Waals surface area contributed by atoms with Gasteiger partial charge in [0.1, 0.15) is 11.5 Å². The standard InChI is InChI=1S/C29H28N2O5S/c1-6-35-19-12-13-20-22(15-19)37-28(30-20)31-24(17-8-10-18(11-9-17)29(3,4)5)23(26(33)27(31)34)25(32)21-14-7-16(2)36-21/h7-15,24,33H,6H2,1-5H3/t24-/m1/s1. The van der Waals surface area contributed by atoms with Crippen LogP contribution in [0, 0.1) is 6.92 Å². The van der Waals surface area contributed by atoms with Gasteiger partial charge in [0.05, 0.1) is 28.4 Å². The summed E-state index contributed by atoms with van der Waals surface area (Å²) in [7, 11) is 0. The van der Waals surface area contributed by atoms with Crippen LogP contribution < -0.4 is 9.64 Å². The molecular weight excluding hydrogens is 488 g/mol. The highest BCUT2D eigenvalue weighted by Crippen LogP contribution is 2.45. The number of rotatable bonds is 6. The minimum absolute atomic E-state index is 0.0304. The minimum atomic E-state index is -0.869. The molecule has 1 atom stereocenters. The van der Waals surface area contributed by atoms with Gasteiger partial charge in [-0.3, -0.25) is 14.5 Å². The molecule has 0 saturated heterocycles. The van der Waals surface area contributed by atoms with Gasteiger partial charge < -0.3 is 14.3 Å². The molecule has 5 rings (SSSR count). The van der Waals surface area contributed by atoms with E-state index in [1.165, 1.54) is 16.2 Å². The van der Waals surface area contributed by atoms with Crippen LogP contribution in [0.3, 0.4) is 0 Å². The van der Waals surface area contributed by atoms with Crippen molar-refractivity contribution >= 4 is 38.4 Å². The van der Waals surface area contributed by atoms with Crippen LogP contribution in [0.4, 0.5) is 5.13 Å². The third-order valence-corrected chi connectivity index (χ3v) is 7.39. The molecule has 1 N–H and O–H groups in total. The van der Waals surface area contributed by atoms with Crippen molar-refractivity contribution in [3.63, 3.8) is 0 Å². The molecule has 0 bridgehead atoms. The van der Waals surface area contributed by atoms with Gasteiger partial charge in [0.25, 0.3) is 5.91 Å². The van der Waals surface area contributed by atoms with Gasteiger partial charge in [0, 0.05) is 0 Å². The molecule has 8 heteroatoms.